The van der Waals surface area contributed by atoms with Crippen LogP contribution >= 0.6 is 0 Å². The summed E-state index contributed by atoms with van der Waals surface area (Å²) in [7, 11) is 0. The van der Waals surface area contributed by atoms with Crippen LogP contribution in [0.1, 0.15) is 23.2 Å². The molecule has 2 fully saturated rings. The van der Waals surface area contributed by atoms with Crippen molar-refractivity contribution >= 4 is 17.7 Å². The van der Waals surface area contributed by atoms with Gasteiger partial charge in [-0.3, -0.25) is 4.90 Å². The summed E-state index contributed by atoms with van der Waals surface area (Å²) in [6, 6.07) is 6.44. The Hall–Kier alpha value is -2.08. The van der Waals surface area contributed by atoms with Gasteiger partial charge in [0.2, 0.25) is 0 Å². The van der Waals surface area contributed by atoms with E-state index in [1.807, 2.05) is 0 Å². The predicted octanol–water partition coefficient (Wildman–Crippen LogP) is 1.89. The summed E-state index contributed by atoms with van der Waals surface area (Å²) >= 11 is 0. The number of aromatic carboxylic acids is 1. The van der Waals surface area contributed by atoms with Crippen molar-refractivity contribution in [1.82, 2.24) is 0 Å². The molecule has 106 valence electrons. The van der Waals surface area contributed by atoms with Gasteiger partial charge in [-0.05, 0) is 25.0 Å². The average Bonchev–Trinajstić information content (AvgIpc) is 2.76. The quantitative estimate of drug-likeness (QED) is 0.893. The van der Waals surface area contributed by atoms with Gasteiger partial charge in [0.05, 0.1) is 24.4 Å². The molecule has 2 saturated heterocycles. The zero-order valence-electron chi connectivity index (χ0n) is 10.9. The van der Waals surface area contributed by atoms with E-state index in [4.69, 9.17) is 9.47 Å². The van der Waals surface area contributed by atoms with Crippen molar-refractivity contribution in [2.45, 2.75) is 18.4 Å². The highest BCUT2D eigenvalue weighted by atomic mass is 16.6. The molecule has 6 heteroatoms. The molecule has 2 aliphatic rings. The lowest BCUT2D eigenvalue weighted by atomic mass is 9.96. The van der Waals surface area contributed by atoms with E-state index in [-0.39, 0.29) is 5.56 Å². The molecule has 20 heavy (non-hydrogen) atoms. The molecule has 0 bridgehead atoms. The number of carboxylic acid groups (broad SMARTS) is 1. The predicted molar refractivity (Wildman–Crippen MR) is 70.0 cm³/mol. The Labute approximate surface area is 115 Å². The van der Waals surface area contributed by atoms with E-state index in [9.17, 15) is 14.7 Å². The third-order valence-corrected chi connectivity index (χ3v) is 3.68. The molecule has 1 N–H and O–H groups in total. The van der Waals surface area contributed by atoms with Gasteiger partial charge in [0.1, 0.15) is 0 Å². The van der Waals surface area contributed by atoms with E-state index in [1.165, 1.54) is 11.0 Å². The number of rotatable bonds is 2. The topological polar surface area (TPSA) is 76.1 Å². The fourth-order valence-electron chi connectivity index (χ4n) is 2.73. The largest absolute Gasteiger partial charge is 0.478 e. The second-order valence-electron chi connectivity index (χ2n) is 5.12. The van der Waals surface area contributed by atoms with Gasteiger partial charge in [-0.1, -0.05) is 12.1 Å². The van der Waals surface area contributed by atoms with Gasteiger partial charge in [-0.25, -0.2) is 9.59 Å². The smallest absolute Gasteiger partial charge is 0.415 e. The number of carbonyl (C=O) groups excluding carboxylic acids is 1. The van der Waals surface area contributed by atoms with Gasteiger partial charge in [-0.15, -0.1) is 0 Å². The van der Waals surface area contributed by atoms with Crippen LogP contribution in [0.3, 0.4) is 0 Å². The summed E-state index contributed by atoms with van der Waals surface area (Å²) < 4.78 is 10.9. The zero-order chi connectivity index (χ0) is 14.2. The van der Waals surface area contributed by atoms with E-state index in [1.54, 1.807) is 18.2 Å². The van der Waals surface area contributed by atoms with Crippen LogP contribution in [0.2, 0.25) is 0 Å². The fourth-order valence-corrected chi connectivity index (χ4v) is 2.73. The van der Waals surface area contributed by atoms with Crippen molar-refractivity contribution in [3.05, 3.63) is 29.8 Å². The lowest BCUT2D eigenvalue weighted by Gasteiger charge is -2.30. The molecule has 1 atom stereocenters. The van der Waals surface area contributed by atoms with Crippen molar-refractivity contribution in [3.8, 4) is 0 Å². The first-order valence-corrected chi connectivity index (χ1v) is 6.52. The first-order valence-electron chi connectivity index (χ1n) is 6.52. The third-order valence-electron chi connectivity index (χ3n) is 3.68. The Bertz CT molecular complexity index is 550. The maximum absolute atomic E-state index is 12.1. The van der Waals surface area contributed by atoms with Crippen LogP contribution in [-0.2, 0) is 9.47 Å². The van der Waals surface area contributed by atoms with Gasteiger partial charge < -0.3 is 14.6 Å². The first kappa shape index (κ1) is 12.9. The standard InChI is InChI=1S/C14H15NO5/c16-12(17)10-4-1-2-5-11(10)15-8-14(20-13(15)18)6-3-7-19-9-14/h1-2,4-5H,3,6-9H2,(H,16,17). The average molecular weight is 277 g/mol. The number of ether oxygens (including phenoxy) is 2. The molecule has 1 amide bonds. The van der Waals surface area contributed by atoms with Crippen LogP contribution in [0.4, 0.5) is 10.5 Å². The third kappa shape index (κ3) is 2.12. The second-order valence-corrected chi connectivity index (χ2v) is 5.12. The fraction of sp³-hybridized carbons (Fsp3) is 0.429. The number of hydrogen-bond acceptors (Lipinski definition) is 4. The zero-order valence-corrected chi connectivity index (χ0v) is 10.9. The molecule has 2 aliphatic heterocycles. The molecule has 6 nitrogen and oxygen atoms in total. The number of hydrogen-bond donors (Lipinski definition) is 1. The second kappa shape index (κ2) is 4.79. The summed E-state index contributed by atoms with van der Waals surface area (Å²) in [5.74, 6) is -1.06. The number of carbonyl (C=O) groups is 2. The normalized spacial score (nSPS) is 25.8. The minimum atomic E-state index is -1.06. The van der Waals surface area contributed by atoms with E-state index in [2.05, 4.69) is 0 Å². The minimum Gasteiger partial charge on any atom is -0.478 e. The SMILES string of the molecule is O=C(O)c1ccccc1N1CC2(CCCOC2)OC1=O. The summed E-state index contributed by atoms with van der Waals surface area (Å²) in [5, 5.41) is 9.21. The molecule has 3 rings (SSSR count). The molecular formula is C14H15NO5. The summed E-state index contributed by atoms with van der Waals surface area (Å²) in [6.07, 6.45) is 1.07. The molecule has 1 spiro atoms. The highest BCUT2D eigenvalue weighted by Gasteiger charge is 2.47. The van der Waals surface area contributed by atoms with E-state index in [0.717, 1.165) is 12.8 Å². The van der Waals surface area contributed by atoms with Gasteiger partial charge in [-0.2, -0.15) is 0 Å². The number of nitrogens with zero attached hydrogens (tertiary/aromatic N) is 1. The van der Waals surface area contributed by atoms with Gasteiger partial charge >= 0.3 is 12.1 Å². The lowest BCUT2D eigenvalue weighted by Crippen LogP contribution is -2.42. The monoisotopic (exact) mass is 277 g/mol. The first-order chi connectivity index (χ1) is 9.61. The summed E-state index contributed by atoms with van der Waals surface area (Å²) in [5.41, 5.74) is -0.174. The molecule has 0 saturated carbocycles. The number of amides is 1. The van der Waals surface area contributed by atoms with E-state index in [0.29, 0.717) is 25.4 Å². The van der Waals surface area contributed by atoms with Crippen LogP contribution in [0.25, 0.3) is 0 Å². The van der Waals surface area contributed by atoms with Crippen molar-refractivity contribution in [2.24, 2.45) is 0 Å². The number of anilines is 1. The Morgan fingerprint density at radius 3 is 2.85 bits per heavy atom. The van der Waals surface area contributed by atoms with Crippen LogP contribution in [0.5, 0.6) is 0 Å². The van der Waals surface area contributed by atoms with Gasteiger partial charge in [0, 0.05) is 6.61 Å². The molecule has 1 unspecified atom stereocenters. The summed E-state index contributed by atoms with van der Waals surface area (Å²) in [6.45, 7) is 1.37. The highest BCUT2D eigenvalue weighted by molar-refractivity contribution is 6.00. The van der Waals surface area contributed by atoms with E-state index < -0.39 is 17.7 Å². The van der Waals surface area contributed by atoms with Gasteiger partial charge in [0.15, 0.2) is 5.60 Å². The van der Waals surface area contributed by atoms with Gasteiger partial charge in [0.25, 0.3) is 0 Å². The Morgan fingerprint density at radius 1 is 1.35 bits per heavy atom. The van der Waals surface area contributed by atoms with Crippen molar-refractivity contribution in [3.63, 3.8) is 0 Å². The van der Waals surface area contributed by atoms with Crippen molar-refractivity contribution in [2.75, 3.05) is 24.7 Å². The molecule has 1 aromatic rings. The molecule has 2 heterocycles. The Morgan fingerprint density at radius 2 is 2.15 bits per heavy atom. The molecule has 0 aliphatic carbocycles. The van der Waals surface area contributed by atoms with Crippen LogP contribution < -0.4 is 4.90 Å². The maximum Gasteiger partial charge on any atom is 0.415 e. The Balaban J connectivity index is 1.91. The molecule has 0 aromatic heterocycles. The Kier molecular flexibility index (Phi) is 3.10. The van der Waals surface area contributed by atoms with Crippen LogP contribution in [0, 0.1) is 0 Å². The highest BCUT2D eigenvalue weighted by Crippen LogP contribution is 2.35. The van der Waals surface area contributed by atoms with Crippen molar-refractivity contribution in [1.29, 1.82) is 0 Å². The number of carboxylic acids is 1. The van der Waals surface area contributed by atoms with Crippen LogP contribution in [-0.4, -0.2) is 42.5 Å². The minimum absolute atomic E-state index is 0.0956. The van der Waals surface area contributed by atoms with Crippen molar-refractivity contribution < 1.29 is 24.2 Å². The lowest BCUT2D eigenvalue weighted by molar-refractivity contribution is -0.0643. The molecule has 0 radical (unpaired) electrons. The maximum atomic E-state index is 12.1. The van der Waals surface area contributed by atoms with E-state index >= 15 is 0 Å². The van der Waals surface area contributed by atoms with Crippen LogP contribution in [0.15, 0.2) is 24.3 Å². The number of benzene rings is 1. The molecule has 1 aromatic carbocycles. The molecular weight excluding hydrogens is 262 g/mol. The number of para-hydroxylation sites is 1. The summed E-state index contributed by atoms with van der Waals surface area (Å²) in [4.78, 5) is 24.7.